The van der Waals surface area contributed by atoms with Crippen LogP contribution < -0.4 is 4.74 Å². The zero-order valence-electron chi connectivity index (χ0n) is 13.1. The van der Waals surface area contributed by atoms with E-state index in [2.05, 4.69) is 32.0 Å². The molecule has 0 aliphatic carbocycles. The van der Waals surface area contributed by atoms with Gasteiger partial charge in [0.2, 0.25) is 0 Å². The number of fused-ring (bicyclic) bond motifs is 1. The van der Waals surface area contributed by atoms with Crippen LogP contribution in [0.15, 0.2) is 34.8 Å². The second kappa shape index (κ2) is 6.38. The van der Waals surface area contributed by atoms with Crippen LogP contribution in [0.25, 0.3) is 22.7 Å². The Morgan fingerprint density at radius 2 is 2.17 bits per heavy atom. The molecule has 6 heteroatoms. The van der Waals surface area contributed by atoms with Crippen LogP contribution >= 0.6 is 15.9 Å². The van der Waals surface area contributed by atoms with Crippen molar-refractivity contribution in [3.8, 4) is 17.6 Å². The Kier molecular flexibility index (Phi) is 4.28. The Balaban J connectivity index is 2.09. The Bertz CT molecular complexity index is 999. The summed E-state index contributed by atoms with van der Waals surface area (Å²) in [6.45, 7) is 2.00. The van der Waals surface area contributed by atoms with Crippen molar-refractivity contribution >= 4 is 38.6 Å². The highest BCUT2D eigenvalue weighted by Gasteiger charge is 2.11. The van der Waals surface area contributed by atoms with Gasteiger partial charge in [0.25, 0.3) is 0 Å². The van der Waals surface area contributed by atoms with Gasteiger partial charge in [-0.25, -0.2) is 4.98 Å². The molecule has 0 spiro atoms. The molecule has 0 aliphatic heterocycles. The Morgan fingerprint density at radius 3 is 2.88 bits per heavy atom. The molecule has 1 heterocycles. The number of hydrogen-bond donors (Lipinski definition) is 2. The van der Waals surface area contributed by atoms with Gasteiger partial charge < -0.3 is 14.8 Å². The highest BCUT2D eigenvalue weighted by Crippen LogP contribution is 2.36. The summed E-state index contributed by atoms with van der Waals surface area (Å²) in [4.78, 5) is 7.63. The van der Waals surface area contributed by atoms with E-state index in [1.807, 2.05) is 25.1 Å². The number of aromatic amines is 1. The standard InChI is InChI=1S/C18H14BrN3O2/c1-10-3-4-14-15(5-10)22-18(21-14)12(9-20)6-11-7-13(19)17(23)16(8-11)24-2/h3-8,23H,1-2H3,(H,21,22). The van der Waals surface area contributed by atoms with Gasteiger partial charge in [0.05, 0.1) is 28.2 Å². The van der Waals surface area contributed by atoms with E-state index in [9.17, 15) is 10.4 Å². The van der Waals surface area contributed by atoms with Crippen LogP contribution in [-0.4, -0.2) is 22.2 Å². The lowest BCUT2D eigenvalue weighted by atomic mass is 10.1. The zero-order valence-corrected chi connectivity index (χ0v) is 14.7. The molecule has 0 saturated carbocycles. The topological polar surface area (TPSA) is 81.9 Å². The molecule has 3 aromatic rings. The molecule has 3 rings (SSSR count). The lowest BCUT2D eigenvalue weighted by molar-refractivity contribution is 0.372. The number of aryl methyl sites for hydroxylation is 1. The number of aromatic hydroxyl groups is 1. The molecule has 1 aromatic heterocycles. The van der Waals surface area contributed by atoms with Crippen molar-refractivity contribution in [1.29, 1.82) is 5.26 Å². The van der Waals surface area contributed by atoms with E-state index in [4.69, 9.17) is 4.74 Å². The number of rotatable bonds is 3. The fourth-order valence-electron chi connectivity index (χ4n) is 2.40. The maximum absolute atomic E-state index is 9.88. The first-order valence-electron chi connectivity index (χ1n) is 7.17. The fraction of sp³-hybridized carbons (Fsp3) is 0.111. The lowest BCUT2D eigenvalue weighted by Gasteiger charge is -2.06. The third-order valence-electron chi connectivity index (χ3n) is 3.59. The van der Waals surface area contributed by atoms with E-state index in [1.54, 1.807) is 18.2 Å². The summed E-state index contributed by atoms with van der Waals surface area (Å²) >= 11 is 3.28. The highest BCUT2D eigenvalue weighted by atomic mass is 79.9. The molecule has 2 aromatic carbocycles. The van der Waals surface area contributed by atoms with Crippen LogP contribution in [0.1, 0.15) is 17.0 Å². The predicted molar refractivity (Wildman–Crippen MR) is 96.7 cm³/mol. The molecule has 0 bridgehead atoms. The van der Waals surface area contributed by atoms with Gasteiger partial charge in [-0.15, -0.1) is 0 Å². The number of hydrogen-bond acceptors (Lipinski definition) is 4. The zero-order chi connectivity index (χ0) is 17.3. The summed E-state index contributed by atoms with van der Waals surface area (Å²) in [6.07, 6.45) is 1.69. The SMILES string of the molecule is COc1cc(C=C(C#N)c2nc3ccc(C)cc3[nH]2)cc(Br)c1O. The molecular weight excluding hydrogens is 370 g/mol. The Morgan fingerprint density at radius 1 is 1.38 bits per heavy atom. The van der Waals surface area contributed by atoms with Gasteiger partial charge in [0.15, 0.2) is 11.5 Å². The molecule has 0 aliphatic rings. The number of nitriles is 1. The van der Waals surface area contributed by atoms with E-state index in [0.29, 0.717) is 27.2 Å². The number of H-pyrrole nitrogens is 1. The van der Waals surface area contributed by atoms with Gasteiger partial charge in [0.1, 0.15) is 11.9 Å². The maximum Gasteiger partial charge on any atom is 0.172 e. The Hall–Kier alpha value is -2.78. The smallest absolute Gasteiger partial charge is 0.172 e. The van der Waals surface area contributed by atoms with E-state index >= 15 is 0 Å². The van der Waals surface area contributed by atoms with Gasteiger partial charge in [-0.1, -0.05) is 6.07 Å². The highest BCUT2D eigenvalue weighted by molar-refractivity contribution is 9.10. The van der Waals surface area contributed by atoms with Crippen molar-refractivity contribution < 1.29 is 9.84 Å². The molecule has 5 nitrogen and oxygen atoms in total. The van der Waals surface area contributed by atoms with Crippen LogP contribution in [0.2, 0.25) is 0 Å². The summed E-state index contributed by atoms with van der Waals surface area (Å²) in [5.74, 6) is 0.849. The first kappa shape index (κ1) is 16.1. The van der Waals surface area contributed by atoms with Crippen LogP contribution in [0.3, 0.4) is 0 Å². The van der Waals surface area contributed by atoms with Crippen LogP contribution in [0.4, 0.5) is 0 Å². The molecule has 2 N–H and O–H groups in total. The molecular formula is C18H14BrN3O2. The van der Waals surface area contributed by atoms with Crippen LogP contribution in [0.5, 0.6) is 11.5 Å². The van der Waals surface area contributed by atoms with E-state index < -0.39 is 0 Å². The van der Waals surface area contributed by atoms with Gasteiger partial charge in [-0.2, -0.15) is 5.26 Å². The molecule has 0 saturated heterocycles. The molecule has 0 amide bonds. The van der Waals surface area contributed by atoms with Crippen molar-refractivity contribution in [2.45, 2.75) is 6.92 Å². The van der Waals surface area contributed by atoms with Crippen molar-refractivity contribution in [3.05, 3.63) is 51.8 Å². The largest absolute Gasteiger partial charge is 0.503 e. The van der Waals surface area contributed by atoms with E-state index in [-0.39, 0.29) is 5.75 Å². The first-order valence-corrected chi connectivity index (χ1v) is 7.96. The van der Waals surface area contributed by atoms with Gasteiger partial charge in [-0.05, 0) is 64.3 Å². The second-order valence-electron chi connectivity index (χ2n) is 5.33. The molecule has 0 radical (unpaired) electrons. The fourth-order valence-corrected chi connectivity index (χ4v) is 2.86. The number of nitrogens with one attached hydrogen (secondary N) is 1. The molecule has 120 valence electrons. The number of methoxy groups -OCH3 is 1. The average Bonchev–Trinajstić information content (AvgIpc) is 2.98. The van der Waals surface area contributed by atoms with Crippen LogP contribution in [-0.2, 0) is 0 Å². The third kappa shape index (κ3) is 2.99. The Labute approximate surface area is 147 Å². The number of halogens is 1. The summed E-state index contributed by atoms with van der Waals surface area (Å²) in [5.41, 5.74) is 3.91. The number of benzene rings is 2. The lowest BCUT2D eigenvalue weighted by Crippen LogP contribution is -1.88. The number of phenolic OH excluding ortho intramolecular Hbond substituents is 1. The quantitative estimate of drug-likeness (QED) is 0.656. The molecule has 24 heavy (non-hydrogen) atoms. The number of phenols is 1. The van der Waals surface area contributed by atoms with Crippen molar-refractivity contribution in [2.75, 3.05) is 7.11 Å². The minimum Gasteiger partial charge on any atom is -0.503 e. The molecule has 0 fully saturated rings. The summed E-state index contributed by atoms with van der Waals surface area (Å²) in [6, 6.07) is 11.4. The second-order valence-corrected chi connectivity index (χ2v) is 6.18. The third-order valence-corrected chi connectivity index (χ3v) is 4.20. The first-order chi connectivity index (χ1) is 11.5. The van der Waals surface area contributed by atoms with E-state index in [1.165, 1.54) is 7.11 Å². The minimum atomic E-state index is 0.0207. The number of ether oxygens (including phenoxy) is 1. The average molecular weight is 384 g/mol. The van der Waals surface area contributed by atoms with Gasteiger partial charge in [-0.3, -0.25) is 0 Å². The number of allylic oxidation sites excluding steroid dienone is 1. The number of aromatic nitrogens is 2. The summed E-state index contributed by atoms with van der Waals surface area (Å²) in [5, 5.41) is 19.4. The summed E-state index contributed by atoms with van der Waals surface area (Å²) < 4.78 is 5.62. The van der Waals surface area contributed by atoms with E-state index in [0.717, 1.165) is 16.6 Å². The van der Waals surface area contributed by atoms with Gasteiger partial charge in [0, 0.05) is 0 Å². The van der Waals surface area contributed by atoms with Crippen molar-refractivity contribution in [3.63, 3.8) is 0 Å². The van der Waals surface area contributed by atoms with Crippen molar-refractivity contribution in [2.24, 2.45) is 0 Å². The van der Waals surface area contributed by atoms with Crippen LogP contribution in [0, 0.1) is 18.3 Å². The predicted octanol–water partition coefficient (Wildman–Crippen LogP) is 4.41. The monoisotopic (exact) mass is 383 g/mol. The molecule has 0 atom stereocenters. The number of imidazole rings is 1. The number of nitrogens with zero attached hydrogens (tertiary/aromatic N) is 2. The van der Waals surface area contributed by atoms with Crippen molar-refractivity contribution in [1.82, 2.24) is 9.97 Å². The van der Waals surface area contributed by atoms with Gasteiger partial charge >= 0.3 is 0 Å². The summed E-state index contributed by atoms with van der Waals surface area (Å²) in [7, 11) is 1.47. The normalized spacial score (nSPS) is 11.5. The minimum absolute atomic E-state index is 0.0207. The molecule has 0 unspecified atom stereocenters. The maximum atomic E-state index is 9.88.